The molecule has 0 saturated heterocycles. The molecule has 1 aromatic carbocycles. The maximum atomic E-state index is 12.1. The van der Waals surface area contributed by atoms with Crippen LogP contribution in [0.25, 0.3) is 0 Å². The van der Waals surface area contributed by atoms with E-state index in [0.717, 1.165) is 18.6 Å². The molecule has 0 amide bonds. The Hall–Kier alpha value is -1.57. The second kappa shape index (κ2) is 6.39. The minimum absolute atomic E-state index is 0.229. The highest BCUT2D eigenvalue weighted by atomic mass is 19.1. The Morgan fingerprint density at radius 1 is 1.28 bits per heavy atom. The quantitative estimate of drug-likeness (QED) is 0.747. The molecule has 0 radical (unpaired) electrons. The lowest BCUT2D eigenvalue weighted by atomic mass is 9.89. The smallest absolute Gasteiger partial charge is 0.118 e. The fourth-order valence-corrected chi connectivity index (χ4v) is 2.22. The van der Waals surface area contributed by atoms with Gasteiger partial charge in [-0.3, -0.25) is 4.39 Å². The molecule has 0 fully saturated rings. The van der Waals surface area contributed by atoms with Gasteiger partial charge in [-0.05, 0) is 37.0 Å². The van der Waals surface area contributed by atoms with Crippen molar-refractivity contribution in [1.82, 2.24) is 0 Å². The summed E-state index contributed by atoms with van der Waals surface area (Å²) in [5.74, 6) is 1.32. The van der Waals surface area contributed by atoms with Gasteiger partial charge in [0.2, 0.25) is 0 Å². The van der Waals surface area contributed by atoms with Gasteiger partial charge in [0.05, 0.1) is 13.8 Å². The molecule has 0 N–H and O–H groups in total. The van der Waals surface area contributed by atoms with E-state index in [9.17, 15) is 4.39 Å². The Bertz CT molecular complexity index is 431. The molecule has 0 heterocycles. The van der Waals surface area contributed by atoms with E-state index in [4.69, 9.17) is 4.74 Å². The van der Waals surface area contributed by atoms with Crippen LogP contribution < -0.4 is 4.74 Å². The summed E-state index contributed by atoms with van der Waals surface area (Å²) in [5, 5.41) is 0. The predicted octanol–water partition coefficient (Wildman–Crippen LogP) is 4.41. The van der Waals surface area contributed by atoms with Crippen molar-refractivity contribution in [3.05, 3.63) is 53.6 Å². The first-order valence-electron chi connectivity index (χ1n) is 6.40. The molecule has 96 valence electrons. The van der Waals surface area contributed by atoms with Gasteiger partial charge in [0, 0.05) is 5.92 Å². The van der Waals surface area contributed by atoms with Crippen molar-refractivity contribution in [2.45, 2.75) is 25.2 Å². The number of benzene rings is 1. The number of halogens is 1. The first-order chi connectivity index (χ1) is 8.83. The zero-order valence-electron chi connectivity index (χ0n) is 10.7. The van der Waals surface area contributed by atoms with Crippen LogP contribution in [0.15, 0.2) is 48.1 Å². The molecule has 1 nitrogen and oxygen atoms in total. The number of allylic oxidation sites excluding steroid dienone is 4. The molecule has 18 heavy (non-hydrogen) atoms. The fraction of sp³-hybridized carbons (Fsp3) is 0.375. The van der Waals surface area contributed by atoms with Crippen LogP contribution >= 0.6 is 0 Å². The summed E-state index contributed by atoms with van der Waals surface area (Å²) in [5.41, 5.74) is 2.56. The molecule has 0 aliphatic heterocycles. The van der Waals surface area contributed by atoms with Crippen molar-refractivity contribution in [2.24, 2.45) is 0 Å². The number of hydrogen-bond acceptors (Lipinski definition) is 1. The van der Waals surface area contributed by atoms with Gasteiger partial charge in [0.15, 0.2) is 0 Å². The highest BCUT2D eigenvalue weighted by molar-refractivity contribution is 5.35. The minimum atomic E-state index is -0.229. The van der Waals surface area contributed by atoms with Gasteiger partial charge in [0.25, 0.3) is 0 Å². The second-order valence-corrected chi connectivity index (χ2v) is 4.55. The summed E-state index contributed by atoms with van der Waals surface area (Å²) < 4.78 is 17.3. The van der Waals surface area contributed by atoms with Crippen molar-refractivity contribution in [2.75, 3.05) is 13.8 Å². The second-order valence-electron chi connectivity index (χ2n) is 4.55. The normalized spacial score (nSPS) is 18.6. The third-order valence-electron chi connectivity index (χ3n) is 3.32. The van der Waals surface area contributed by atoms with E-state index in [1.165, 1.54) is 11.1 Å². The van der Waals surface area contributed by atoms with Gasteiger partial charge < -0.3 is 4.74 Å². The average molecular weight is 246 g/mol. The lowest BCUT2D eigenvalue weighted by Crippen LogP contribution is -1.99. The van der Waals surface area contributed by atoms with Crippen molar-refractivity contribution < 1.29 is 9.13 Å². The Labute approximate surface area is 108 Å². The maximum absolute atomic E-state index is 12.1. The number of rotatable bonds is 5. The summed E-state index contributed by atoms with van der Waals surface area (Å²) in [4.78, 5) is 0. The zero-order valence-corrected chi connectivity index (χ0v) is 10.7. The largest absolute Gasteiger partial charge is 0.497 e. The zero-order chi connectivity index (χ0) is 12.8. The molecule has 1 aromatic rings. The Balaban J connectivity index is 1.96. The van der Waals surface area contributed by atoms with E-state index in [2.05, 4.69) is 30.4 Å². The molecule has 0 aromatic heterocycles. The fourth-order valence-electron chi connectivity index (χ4n) is 2.22. The topological polar surface area (TPSA) is 9.23 Å². The third-order valence-corrected chi connectivity index (χ3v) is 3.32. The van der Waals surface area contributed by atoms with Gasteiger partial charge >= 0.3 is 0 Å². The van der Waals surface area contributed by atoms with Crippen molar-refractivity contribution in [1.29, 1.82) is 0 Å². The number of alkyl halides is 1. The summed E-state index contributed by atoms with van der Waals surface area (Å²) in [7, 11) is 1.68. The van der Waals surface area contributed by atoms with Crippen LogP contribution in [0.5, 0.6) is 5.75 Å². The molecule has 2 heteroatoms. The van der Waals surface area contributed by atoms with Crippen LogP contribution in [0.3, 0.4) is 0 Å². The SMILES string of the molecule is COc1ccc(C2C=CC(CCCF)=CC2)cc1. The Morgan fingerprint density at radius 2 is 2.06 bits per heavy atom. The van der Waals surface area contributed by atoms with Gasteiger partial charge in [-0.15, -0.1) is 0 Å². The van der Waals surface area contributed by atoms with Crippen LogP contribution in [-0.2, 0) is 0 Å². The van der Waals surface area contributed by atoms with E-state index >= 15 is 0 Å². The monoisotopic (exact) mass is 246 g/mol. The van der Waals surface area contributed by atoms with E-state index < -0.39 is 0 Å². The highest BCUT2D eigenvalue weighted by Gasteiger charge is 2.11. The van der Waals surface area contributed by atoms with Crippen LogP contribution in [0.2, 0.25) is 0 Å². The van der Waals surface area contributed by atoms with E-state index in [1.54, 1.807) is 7.11 Å². The molecule has 1 aliphatic carbocycles. The van der Waals surface area contributed by atoms with Crippen LogP contribution in [0, 0.1) is 0 Å². The van der Waals surface area contributed by atoms with Crippen molar-refractivity contribution >= 4 is 0 Å². The molecule has 2 rings (SSSR count). The minimum Gasteiger partial charge on any atom is -0.497 e. The number of hydrogen-bond donors (Lipinski definition) is 0. The summed E-state index contributed by atoms with van der Waals surface area (Å²) in [6.07, 6.45) is 9.06. The molecule has 0 saturated carbocycles. The molecule has 0 spiro atoms. The number of methoxy groups -OCH3 is 1. The lowest BCUT2D eigenvalue weighted by Gasteiger charge is -2.16. The highest BCUT2D eigenvalue weighted by Crippen LogP contribution is 2.29. The van der Waals surface area contributed by atoms with Gasteiger partial charge in [-0.2, -0.15) is 0 Å². The average Bonchev–Trinajstić information content (AvgIpc) is 2.46. The molecule has 0 bridgehead atoms. The summed E-state index contributed by atoms with van der Waals surface area (Å²) >= 11 is 0. The van der Waals surface area contributed by atoms with Crippen LogP contribution in [-0.4, -0.2) is 13.8 Å². The van der Waals surface area contributed by atoms with Gasteiger partial charge in [0.1, 0.15) is 5.75 Å². The Kier molecular flexibility index (Phi) is 4.57. The summed E-state index contributed by atoms with van der Waals surface area (Å²) in [6.45, 7) is -0.229. The van der Waals surface area contributed by atoms with E-state index in [-0.39, 0.29) is 6.67 Å². The molecular weight excluding hydrogens is 227 g/mol. The van der Waals surface area contributed by atoms with Crippen LogP contribution in [0.1, 0.15) is 30.7 Å². The lowest BCUT2D eigenvalue weighted by molar-refractivity contribution is 0.414. The third kappa shape index (κ3) is 3.22. The first kappa shape index (κ1) is 12.9. The first-order valence-corrected chi connectivity index (χ1v) is 6.40. The van der Waals surface area contributed by atoms with Gasteiger partial charge in [-0.1, -0.05) is 35.9 Å². The standard InChI is InChI=1S/C16H19FO/c1-18-16-10-8-15(9-11-16)14-6-4-13(5-7-14)3-2-12-17/h4-6,8-11,14H,2-3,7,12H2,1H3. The molecule has 1 atom stereocenters. The van der Waals surface area contributed by atoms with Crippen molar-refractivity contribution in [3.8, 4) is 5.75 Å². The molecular formula is C16H19FO. The van der Waals surface area contributed by atoms with Gasteiger partial charge in [-0.25, -0.2) is 0 Å². The van der Waals surface area contributed by atoms with E-state index in [0.29, 0.717) is 12.3 Å². The van der Waals surface area contributed by atoms with E-state index in [1.807, 2.05) is 12.1 Å². The molecule has 1 aliphatic rings. The molecule has 1 unspecified atom stereocenters. The number of ether oxygens (including phenoxy) is 1. The summed E-state index contributed by atoms with van der Waals surface area (Å²) in [6, 6.07) is 8.19. The predicted molar refractivity (Wildman–Crippen MR) is 72.8 cm³/mol. The van der Waals surface area contributed by atoms with Crippen LogP contribution in [0.4, 0.5) is 4.39 Å². The Morgan fingerprint density at radius 3 is 2.61 bits per heavy atom. The van der Waals surface area contributed by atoms with Crippen molar-refractivity contribution in [3.63, 3.8) is 0 Å². The maximum Gasteiger partial charge on any atom is 0.118 e.